The van der Waals surface area contributed by atoms with E-state index in [9.17, 15) is 4.79 Å². The largest absolute Gasteiger partial charge is 0.497 e. The van der Waals surface area contributed by atoms with Gasteiger partial charge in [0.1, 0.15) is 5.75 Å². The van der Waals surface area contributed by atoms with Crippen LogP contribution in [0, 0.1) is 6.92 Å². The number of carbonyl (C=O) groups is 1. The molecule has 1 amide bonds. The van der Waals surface area contributed by atoms with Crippen LogP contribution in [-0.2, 0) is 0 Å². The molecule has 0 bridgehead atoms. The molecule has 1 aromatic heterocycles. The van der Waals surface area contributed by atoms with E-state index in [2.05, 4.69) is 48.2 Å². The molecule has 1 atom stereocenters. The Morgan fingerprint density at radius 3 is 2.48 bits per heavy atom. The van der Waals surface area contributed by atoms with E-state index in [1.807, 2.05) is 55.2 Å². The Morgan fingerprint density at radius 1 is 1.16 bits per heavy atom. The molecule has 164 valence electrons. The van der Waals surface area contributed by atoms with Crippen LogP contribution in [0.15, 0.2) is 54.7 Å². The van der Waals surface area contributed by atoms with Crippen LogP contribution in [-0.4, -0.2) is 48.3 Å². The molecule has 0 fully saturated rings. The third-order valence-electron chi connectivity index (χ3n) is 5.43. The molecule has 1 N–H and O–H groups in total. The third-order valence-corrected chi connectivity index (χ3v) is 5.43. The normalized spacial score (nSPS) is 12.3. The number of carbonyl (C=O) groups excluding carboxylic acids is 1. The zero-order valence-electron chi connectivity index (χ0n) is 19.2. The van der Waals surface area contributed by atoms with Crippen LogP contribution >= 0.6 is 0 Å². The van der Waals surface area contributed by atoms with Gasteiger partial charge in [0.25, 0.3) is 5.91 Å². The Hall–Kier alpha value is -3.12. The molecular formula is C25H32N4O2. The van der Waals surface area contributed by atoms with Gasteiger partial charge in [0.2, 0.25) is 0 Å². The first-order valence-electron chi connectivity index (χ1n) is 10.5. The highest BCUT2D eigenvalue weighted by Crippen LogP contribution is 2.25. The van der Waals surface area contributed by atoms with E-state index in [0.717, 1.165) is 22.7 Å². The number of ether oxygens (including phenoxy) is 1. The van der Waals surface area contributed by atoms with E-state index in [1.54, 1.807) is 13.3 Å². The number of aryl methyl sites for hydroxylation is 1. The minimum atomic E-state index is -0.114. The molecule has 1 unspecified atom stereocenters. The van der Waals surface area contributed by atoms with Crippen molar-refractivity contribution >= 4 is 5.91 Å². The van der Waals surface area contributed by atoms with Gasteiger partial charge in [-0.3, -0.25) is 4.79 Å². The molecule has 6 heteroatoms. The number of likely N-dealkylation sites (N-methyl/N-ethyl adjacent to an activating group) is 1. The maximum atomic E-state index is 13.1. The lowest BCUT2D eigenvalue weighted by atomic mass is 10.0. The van der Waals surface area contributed by atoms with Crippen molar-refractivity contribution in [2.75, 3.05) is 27.7 Å². The van der Waals surface area contributed by atoms with Gasteiger partial charge in [0.05, 0.1) is 36.3 Å². The number of hydrogen-bond acceptors (Lipinski definition) is 4. The summed E-state index contributed by atoms with van der Waals surface area (Å²) in [5.74, 6) is 0.835. The van der Waals surface area contributed by atoms with Gasteiger partial charge in [-0.1, -0.05) is 43.7 Å². The average Bonchev–Trinajstić information content (AvgIpc) is 3.20. The predicted molar refractivity (Wildman–Crippen MR) is 124 cm³/mol. The zero-order chi connectivity index (χ0) is 22.5. The van der Waals surface area contributed by atoms with Gasteiger partial charge in [-0.2, -0.15) is 5.10 Å². The smallest absolute Gasteiger partial charge is 0.254 e. The van der Waals surface area contributed by atoms with Gasteiger partial charge in [-0.25, -0.2) is 4.68 Å². The van der Waals surface area contributed by atoms with Crippen LogP contribution in [0.4, 0.5) is 0 Å². The number of hydrogen-bond donors (Lipinski definition) is 1. The Balaban J connectivity index is 1.83. The maximum absolute atomic E-state index is 13.1. The van der Waals surface area contributed by atoms with E-state index in [-0.39, 0.29) is 17.9 Å². The molecule has 0 radical (unpaired) electrons. The lowest BCUT2D eigenvalue weighted by Crippen LogP contribution is -2.35. The van der Waals surface area contributed by atoms with E-state index >= 15 is 0 Å². The summed E-state index contributed by atoms with van der Waals surface area (Å²) in [5.41, 5.74) is 4.75. The van der Waals surface area contributed by atoms with Crippen LogP contribution in [0.5, 0.6) is 5.75 Å². The van der Waals surface area contributed by atoms with Crippen molar-refractivity contribution in [1.29, 1.82) is 0 Å². The second-order valence-electron chi connectivity index (χ2n) is 8.31. The van der Waals surface area contributed by atoms with Crippen LogP contribution in [0.25, 0.3) is 5.69 Å². The third kappa shape index (κ3) is 5.14. The lowest BCUT2D eigenvalue weighted by Gasteiger charge is -2.25. The number of nitrogens with one attached hydrogen (secondary N) is 1. The minimum Gasteiger partial charge on any atom is -0.497 e. The monoisotopic (exact) mass is 420 g/mol. The fourth-order valence-electron chi connectivity index (χ4n) is 3.71. The second kappa shape index (κ2) is 9.79. The highest BCUT2D eigenvalue weighted by Gasteiger charge is 2.22. The van der Waals surface area contributed by atoms with Crippen molar-refractivity contribution in [3.8, 4) is 11.4 Å². The minimum absolute atomic E-state index is 0.0219. The van der Waals surface area contributed by atoms with Crippen LogP contribution < -0.4 is 10.1 Å². The van der Waals surface area contributed by atoms with E-state index in [4.69, 9.17) is 4.74 Å². The number of benzene rings is 2. The van der Waals surface area contributed by atoms with Crippen LogP contribution in [0.3, 0.4) is 0 Å². The molecule has 0 saturated carbocycles. The number of nitrogens with zero attached hydrogens (tertiary/aromatic N) is 3. The van der Waals surface area contributed by atoms with E-state index in [1.165, 1.54) is 5.56 Å². The van der Waals surface area contributed by atoms with Crippen LogP contribution in [0.1, 0.15) is 53.0 Å². The topological polar surface area (TPSA) is 59.4 Å². The van der Waals surface area contributed by atoms with Crippen molar-refractivity contribution in [3.63, 3.8) is 0 Å². The summed E-state index contributed by atoms with van der Waals surface area (Å²) in [6.45, 7) is 6.69. The molecule has 0 aliphatic heterocycles. The SMILES string of the molecule is COc1cccc(C(CNC(=O)c2cnn(-c3ccc(C)cc3)c2C(C)C)N(C)C)c1. The van der Waals surface area contributed by atoms with Gasteiger partial charge in [0, 0.05) is 6.54 Å². The molecule has 0 saturated heterocycles. The van der Waals surface area contributed by atoms with E-state index in [0.29, 0.717) is 12.1 Å². The van der Waals surface area contributed by atoms with Gasteiger partial charge < -0.3 is 15.0 Å². The Labute approximate surface area is 184 Å². The van der Waals surface area contributed by atoms with Crippen molar-refractivity contribution in [3.05, 3.63) is 77.1 Å². The van der Waals surface area contributed by atoms with Crippen molar-refractivity contribution in [1.82, 2.24) is 20.0 Å². The number of methoxy groups -OCH3 is 1. The van der Waals surface area contributed by atoms with Crippen molar-refractivity contribution < 1.29 is 9.53 Å². The van der Waals surface area contributed by atoms with Crippen molar-refractivity contribution in [2.24, 2.45) is 0 Å². The van der Waals surface area contributed by atoms with Gasteiger partial charge in [-0.05, 0) is 56.8 Å². The average molecular weight is 421 g/mol. The summed E-state index contributed by atoms with van der Waals surface area (Å²) in [4.78, 5) is 15.2. The fourth-order valence-corrected chi connectivity index (χ4v) is 3.71. The standard InChI is InChI=1S/C25H32N4O2/c1-17(2)24-22(15-27-29(24)20-12-10-18(3)11-13-20)25(30)26-16-23(28(4)5)19-8-7-9-21(14-19)31-6/h7-15,17,23H,16H2,1-6H3,(H,26,30). The lowest BCUT2D eigenvalue weighted by molar-refractivity contribution is 0.0940. The summed E-state index contributed by atoms with van der Waals surface area (Å²) in [5, 5.41) is 7.64. The van der Waals surface area contributed by atoms with Gasteiger partial charge in [-0.15, -0.1) is 0 Å². The molecule has 31 heavy (non-hydrogen) atoms. The number of amides is 1. The molecule has 3 aromatic rings. The summed E-state index contributed by atoms with van der Waals surface area (Å²) in [6, 6.07) is 16.1. The number of rotatable bonds is 8. The summed E-state index contributed by atoms with van der Waals surface area (Å²) in [6.07, 6.45) is 1.67. The highest BCUT2D eigenvalue weighted by atomic mass is 16.5. The Bertz CT molecular complexity index is 1020. The Morgan fingerprint density at radius 2 is 1.87 bits per heavy atom. The van der Waals surface area contributed by atoms with Crippen LogP contribution in [0.2, 0.25) is 0 Å². The maximum Gasteiger partial charge on any atom is 0.254 e. The van der Waals surface area contributed by atoms with Gasteiger partial charge >= 0.3 is 0 Å². The molecule has 0 aliphatic carbocycles. The molecule has 0 spiro atoms. The molecule has 0 aliphatic rings. The van der Waals surface area contributed by atoms with Gasteiger partial charge in [0.15, 0.2) is 0 Å². The molecule has 2 aromatic carbocycles. The Kier molecular flexibility index (Phi) is 7.13. The zero-order valence-corrected chi connectivity index (χ0v) is 19.2. The molecular weight excluding hydrogens is 388 g/mol. The van der Waals surface area contributed by atoms with E-state index < -0.39 is 0 Å². The van der Waals surface area contributed by atoms with Crippen molar-refractivity contribution in [2.45, 2.75) is 32.7 Å². The molecule has 6 nitrogen and oxygen atoms in total. The first-order valence-corrected chi connectivity index (χ1v) is 10.5. The first kappa shape index (κ1) is 22.6. The highest BCUT2D eigenvalue weighted by molar-refractivity contribution is 5.95. The summed E-state index contributed by atoms with van der Waals surface area (Å²) < 4.78 is 7.22. The first-order chi connectivity index (χ1) is 14.8. The molecule has 3 rings (SSSR count). The quantitative estimate of drug-likeness (QED) is 0.589. The fraction of sp³-hybridized carbons (Fsp3) is 0.360. The number of aromatic nitrogens is 2. The summed E-state index contributed by atoms with van der Waals surface area (Å²) in [7, 11) is 5.67. The molecule has 1 heterocycles. The predicted octanol–water partition coefficient (Wildman–Crippen LogP) is 4.35. The summed E-state index contributed by atoms with van der Waals surface area (Å²) >= 11 is 0. The second-order valence-corrected chi connectivity index (χ2v) is 8.31.